The minimum atomic E-state index is 0.704. The molecule has 2 heteroatoms. The lowest BCUT2D eigenvalue weighted by molar-refractivity contribution is -0.0979. The third kappa shape index (κ3) is 22.6. The first kappa shape index (κ1) is 17.6. The van der Waals surface area contributed by atoms with Gasteiger partial charge in [-0.1, -0.05) is 27.7 Å². The van der Waals surface area contributed by atoms with Crippen molar-refractivity contribution < 1.29 is 4.79 Å². The summed E-state index contributed by atoms with van der Waals surface area (Å²) in [7, 11) is 0. The molecule has 0 amide bonds. The minimum absolute atomic E-state index is 0.704. The molecule has 0 radical (unpaired) electrons. The largest absolute Gasteiger partial charge is 0.314 e. The zero-order valence-corrected chi connectivity index (χ0v) is 9.31. The van der Waals surface area contributed by atoms with Crippen LogP contribution in [-0.2, 0) is 4.79 Å². The smallest absolute Gasteiger partial charge is 0.106 e. The van der Waals surface area contributed by atoms with E-state index in [0.717, 1.165) is 6.54 Å². The van der Waals surface area contributed by atoms with Gasteiger partial charge in [0.25, 0.3) is 0 Å². The van der Waals surface area contributed by atoms with Gasteiger partial charge in [0.15, 0.2) is 0 Å². The summed E-state index contributed by atoms with van der Waals surface area (Å²) < 4.78 is 0. The number of hydrogen-bond donors (Lipinski definition) is 1. The van der Waals surface area contributed by atoms with E-state index in [1.165, 1.54) is 12.8 Å². The first-order valence-electron chi connectivity index (χ1n) is 4.83. The van der Waals surface area contributed by atoms with Crippen LogP contribution in [0.15, 0.2) is 0 Å². The van der Waals surface area contributed by atoms with E-state index < -0.39 is 0 Å². The molecule has 76 valence electrons. The normalized spacial score (nSPS) is 10.1. The lowest BCUT2D eigenvalue weighted by Crippen LogP contribution is -2.25. The van der Waals surface area contributed by atoms with E-state index in [1.54, 1.807) is 0 Å². The SMILES string of the molecule is C=O.CC.CCCN[C@H](C)CC. The molecule has 0 aliphatic rings. The Balaban J connectivity index is -0.000000175. The highest BCUT2D eigenvalue weighted by Crippen LogP contribution is 1.86. The third-order valence-electron chi connectivity index (χ3n) is 1.36. The molecule has 0 saturated carbocycles. The van der Waals surface area contributed by atoms with Crippen LogP contribution in [0.5, 0.6) is 0 Å². The van der Waals surface area contributed by atoms with Gasteiger partial charge in [0.1, 0.15) is 6.79 Å². The van der Waals surface area contributed by atoms with Crippen molar-refractivity contribution in [2.75, 3.05) is 6.54 Å². The maximum atomic E-state index is 8.00. The van der Waals surface area contributed by atoms with Crippen molar-refractivity contribution in [3.05, 3.63) is 0 Å². The maximum Gasteiger partial charge on any atom is 0.106 e. The zero-order valence-electron chi connectivity index (χ0n) is 9.31. The van der Waals surface area contributed by atoms with Gasteiger partial charge in [0.05, 0.1) is 0 Å². The van der Waals surface area contributed by atoms with Crippen LogP contribution < -0.4 is 5.32 Å². The average Bonchev–Trinajstić information content (AvgIpc) is 2.20. The molecule has 0 unspecified atom stereocenters. The van der Waals surface area contributed by atoms with Crippen molar-refractivity contribution >= 4 is 6.79 Å². The summed E-state index contributed by atoms with van der Waals surface area (Å²) in [5.41, 5.74) is 0. The van der Waals surface area contributed by atoms with Crippen molar-refractivity contribution in [3.63, 3.8) is 0 Å². The number of carbonyl (C=O) groups is 1. The van der Waals surface area contributed by atoms with Gasteiger partial charge in [-0.05, 0) is 26.3 Å². The van der Waals surface area contributed by atoms with Crippen LogP contribution in [0, 0.1) is 0 Å². The number of nitrogens with one attached hydrogen (secondary N) is 1. The molecule has 0 aliphatic heterocycles. The predicted molar refractivity (Wildman–Crippen MR) is 56.5 cm³/mol. The van der Waals surface area contributed by atoms with Gasteiger partial charge >= 0.3 is 0 Å². The van der Waals surface area contributed by atoms with E-state index in [0.29, 0.717) is 6.04 Å². The topological polar surface area (TPSA) is 29.1 Å². The number of hydrogen-bond acceptors (Lipinski definition) is 2. The Morgan fingerprint density at radius 3 is 1.92 bits per heavy atom. The Bertz CT molecular complexity index is 57.8. The molecule has 2 nitrogen and oxygen atoms in total. The highest BCUT2D eigenvalue weighted by molar-refractivity contribution is 5.10. The van der Waals surface area contributed by atoms with Gasteiger partial charge in [0.2, 0.25) is 0 Å². The molecule has 1 atom stereocenters. The second-order valence-electron chi connectivity index (χ2n) is 2.26. The van der Waals surface area contributed by atoms with Gasteiger partial charge < -0.3 is 10.1 Å². The van der Waals surface area contributed by atoms with E-state index in [-0.39, 0.29) is 0 Å². The molecule has 0 bridgehead atoms. The first-order valence-corrected chi connectivity index (χ1v) is 4.83. The summed E-state index contributed by atoms with van der Waals surface area (Å²) in [6, 6.07) is 0.704. The lowest BCUT2D eigenvalue weighted by atomic mass is 10.2. The quantitative estimate of drug-likeness (QED) is 0.711. The van der Waals surface area contributed by atoms with Crippen LogP contribution in [0.4, 0.5) is 0 Å². The van der Waals surface area contributed by atoms with Crippen molar-refractivity contribution in [1.82, 2.24) is 5.32 Å². The molecule has 0 fully saturated rings. The predicted octanol–water partition coefficient (Wildman–Crippen LogP) is 2.63. The molecular formula is C10H25NO. The lowest BCUT2D eigenvalue weighted by Gasteiger charge is -2.08. The maximum absolute atomic E-state index is 8.00. The summed E-state index contributed by atoms with van der Waals surface area (Å²) in [5.74, 6) is 0. The Morgan fingerprint density at radius 1 is 1.25 bits per heavy atom. The zero-order chi connectivity index (χ0) is 10.4. The monoisotopic (exact) mass is 175 g/mol. The van der Waals surface area contributed by atoms with Crippen LogP contribution >= 0.6 is 0 Å². The van der Waals surface area contributed by atoms with Crippen LogP contribution in [0.1, 0.15) is 47.5 Å². The number of rotatable bonds is 4. The Morgan fingerprint density at radius 2 is 1.67 bits per heavy atom. The van der Waals surface area contributed by atoms with Gasteiger partial charge in [-0.2, -0.15) is 0 Å². The van der Waals surface area contributed by atoms with Gasteiger partial charge in [-0.3, -0.25) is 0 Å². The molecule has 0 spiro atoms. The summed E-state index contributed by atoms with van der Waals surface area (Å²) in [5, 5.41) is 3.38. The van der Waals surface area contributed by atoms with Crippen LogP contribution in [0.2, 0.25) is 0 Å². The molecule has 1 N–H and O–H groups in total. The Labute approximate surface area is 77.7 Å². The first-order chi connectivity index (χ1) is 5.81. The Hall–Kier alpha value is -0.370. The average molecular weight is 175 g/mol. The van der Waals surface area contributed by atoms with E-state index >= 15 is 0 Å². The van der Waals surface area contributed by atoms with Gasteiger partial charge in [-0.25, -0.2) is 0 Å². The molecule has 0 saturated heterocycles. The molecule has 0 aromatic carbocycles. The second kappa shape index (κ2) is 22.4. The molecular weight excluding hydrogens is 150 g/mol. The fraction of sp³-hybridized carbons (Fsp3) is 0.900. The summed E-state index contributed by atoms with van der Waals surface area (Å²) >= 11 is 0. The molecule has 0 rings (SSSR count). The fourth-order valence-corrected chi connectivity index (χ4v) is 0.535. The molecule has 0 heterocycles. The van der Waals surface area contributed by atoms with Crippen molar-refractivity contribution in [2.24, 2.45) is 0 Å². The molecule has 0 aromatic heterocycles. The number of carbonyl (C=O) groups excluding carboxylic acids is 1. The second-order valence-corrected chi connectivity index (χ2v) is 2.26. The molecule has 0 aliphatic carbocycles. The van der Waals surface area contributed by atoms with E-state index in [4.69, 9.17) is 4.79 Å². The highest BCUT2D eigenvalue weighted by Gasteiger charge is 1.92. The summed E-state index contributed by atoms with van der Waals surface area (Å²) in [6.07, 6.45) is 2.48. The van der Waals surface area contributed by atoms with E-state index in [1.807, 2.05) is 20.6 Å². The molecule has 0 aromatic rings. The van der Waals surface area contributed by atoms with Crippen LogP contribution in [0.3, 0.4) is 0 Å². The summed E-state index contributed by atoms with van der Waals surface area (Å²) in [4.78, 5) is 8.00. The minimum Gasteiger partial charge on any atom is -0.314 e. The summed E-state index contributed by atoms with van der Waals surface area (Å²) in [6.45, 7) is 13.8. The fourth-order valence-electron chi connectivity index (χ4n) is 0.535. The molecule has 12 heavy (non-hydrogen) atoms. The van der Waals surface area contributed by atoms with Gasteiger partial charge in [0, 0.05) is 6.04 Å². The standard InChI is InChI=1S/C7H17N.C2H6.CH2O/c1-4-6-8-7(3)5-2;2*1-2/h7-8H,4-6H2,1-3H3;1-2H3;1H2/t7-;;/m1../s1. The van der Waals surface area contributed by atoms with Crippen LogP contribution in [-0.4, -0.2) is 19.4 Å². The van der Waals surface area contributed by atoms with Crippen LogP contribution in [0.25, 0.3) is 0 Å². The Kier molecular flexibility index (Phi) is 33.0. The van der Waals surface area contributed by atoms with Crippen molar-refractivity contribution in [1.29, 1.82) is 0 Å². The van der Waals surface area contributed by atoms with Crippen molar-refractivity contribution in [2.45, 2.75) is 53.5 Å². The third-order valence-corrected chi connectivity index (χ3v) is 1.36. The van der Waals surface area contributed by atoms with E-state index in [2.05, 4.69) is 26.1 Å². The van der Waals surface area contributed by atoms with Gasteiger partial charge in [-0.15, -0.1) is 0 Å². The highest BCUT2D eigenvalue weighted by atomic mass is 16.1. The van der Waals surface area contributed by atoms with E-state index in [9.17, 15) is 0 Å². The van der Waals surface area contributed by atoms with Crippen molar-refractivity contribution in [3.8, 4) is 0 Å².